The molecule has 2 aliphatic rings. The van der Waals surface area contributed by atoms with Crippen LogP contribution in [0.3, 0.4) is 0 Å². The van der Waals surface area contributed by atoms with Gasteiger partial charge in [0, 0.05) is 5.02 Å². The zero-order valence-electron chi connectivity index (χ0n) is 10.7. The monoisotopic (exact) mass is 293 g/mol. The average molecular weight is 294 g/mol. The SMILES string of the molecule is O=C1[C@H]2CC=CC[C@H]2C(=O)N1Cc1cc(F)ccc1Cl. The van der Waals surface area contributed by atoms with Crippen molar-refractivity contribution in [1.29, 1.82) is 0 Å². The lowest BCUT2D eigenvalue weighted by molar-refractivity contribution is -0.140. The topological polar surface area (TPSA) is 37.4 Å². The van der Waals surface area contributed by atoms with Gasteiger partial charge in [-0.3, -0.25) is 14.5 Å². The number of fused-ring (bicyclic) bond motifs is 1. The van der Waals surface area contributed by atoms with E-state index in [1.54, 1.807) is 0 Å². The predicted molar refractivity (Wildman–Crippen MR) is 72.3 cm³/mol. The van der Waals surface area contributed by atoms with Crippen molar-refractivity contribution in [2.24, 2.45) is 11.8 Å². The quantitative estimate of drug-likeness (QED) is 0.621. The third-order valence-electron chi connectivity index (χ3n) is 3.94. The van der Waals surface area contributed by atoms with Crippen LogP contribution in [0.4, 0.5) is 4.39 Å². The molecule has 1 fully saturated rings. The van der Waals surface area contributed by atoms with Gasteiger partial charge in [-0.05, 0) is 36.6 Å². The molecule has 1 aromatic rings. The van der Waals surface area contributed by atoms with E-state index in [0.717, 1.165) is 0 Å². The Hall–Kier alpha value is -1.68. The molecule has 1 saturated heterocycles. The summed E-state index contributed by atoms with van der Waals surface area (Å²) in [6.45, 7) is 0.0429. The number of nitrogens with zero attached hydrogens (tertiary/aromatic N) is 1. The van der Waals surface area contributed by atoms with Crippen LogP contribution in [0.1, 0.15) is 18.4 Å². The molecule has 1 aliphatic heterocycles. The van der Waals surface area contributed by atoms with Crippen LogP contribution in [-0.2, 0) is 16.1 Å². The highest BCUT2D eigenvalue weighted by Crippen LogP contribution is 2.36. The number of allylic oxidation sites excluding steroid dienone is 2. The second kappa shape index (κ2) is 5.02. The van der Waals surface area contributed by atoms with Gasteiger partial charge in [-0.15, -0.1) is 0 Å². The normalized spacial score (nSPS) is 25.2. The highest BCUT2D eigenvalue weighted by Gasteiger charge is 2.47. The van der Waals surface area contributed by atoms with Crippen LogP contribution >= 0.6 is 11.6 Å². The molecule has 0 spiro atoms. The molecule has 1 heterocycles. The number of likely N-dealkylation sites (tertiary alicyclic amines) is 1. The molecule has 1 aliphatic carbocycles. The number of benzene rings is 1. The number of imide groups is 1. The number of carbonyl (C=O) groups excluding carboxylic acids is 2. The van der Waals surface area contributed by atoms with Crippen molar-refractivity contribution in [2.45, 2.75) is 19.4 Å². The van der Waals surface area contributed by atoms with E-state index in [9.17, 15) is 14.0 Å². The Bertz CT molecular complexity index is 588. The van der Waals surface area contributed by atoms with Gasteiger partial charge in [-0.25, -0.2) is 4.39 Å². The van der Waals surface area contributed by atoms with E-state index in [1.165, 1.54) is 23.1 Å². The maximum atomic E-state index is 13.3. The Morgan fingerprint density at radius 2 is 1.75 bits per heavy atom. The molecule has 0 radical (unpaired) electrons. The molecule has 0 aromatic heterocycles. The molecular formula is C15H13ClFNO2. The molecule has 3 nitrogen and oxygen atoms in total. The van der Waals surface area contributed by atoms with Gasteiger partial charge in [-0.1, -0.05) is 23.8 Å². The summed E-state index contributed by atoms with van der Waals surface area (Å²) in [6, 6.07) is 3.96. The zero-order chi connectivity index (χ0) is 14.3. The van der Waals surface area contributed by atoms with Gasteiger partial charge in [0.2, 0.25) is 11.8 Å². The van der Waals surface area contributed by atoms with E-state index in [1.807, 2.05) is 12.2 Å². The van der Waals surface area contributed by atoms with Crippen molar-refractivity contribution < 1.29 is 14.0 Å². The molecule has 0 N–H and O–H groups in total. The smallest absolute Gasteiger partial charge is 0.233 e. The van der Waals surface area contributed by atoms with Crippen molar-refractivity contribution in [3.05, 3.63) is 46.8 Å². The largest absolute Gasteiger partial charge is 0.278 e. The molecule has 5 heteroatoms. The van der Waals surface area contributed by atoms with Crippen LogP contribution in [0.15, 0.2) is 30.4 Å². The Kier molecular flexibility index (Phi) is 3.34. The molecule has 0 bridgehead atoms. The van der Waals surface area contributed by atoms with E-state index in [2.05, 4.69) is 0 Å². The van der Waals surface area contributed by atoms with Crippen LogP contribution in [0, 0.1) is 17.7 Å². The van der Waals surface area contributed by atoms with E-state index in [4.69, 9.17) is 11.6 Å². The van der Waals surface area contributed by atoms with E-state index in [-0.39, 0.29) is 30.2 Å². The van der Waals surface area contributed by atoms with Crippen LogP contribution < -0.4 is 0 Å². The first-order valence-electron chi connectivity index (χ1n) is 6.52. The molecular weight excluding hydrogens is 281 g/mol. The number of hydrogen-bond acceptors (Lipinski definition) is 2. The molecule has 104 valence electrons. The Morgan fingerprint density at radius 3 is 2.35 bits per heavy atom. The summed E-state index contributed by atoms with van der Waals surface area (Å²) in [5, 5.41) is 0.361. The van der Waals surface area contributed by atoms with Gasteiger partial charge in [0.1, 0.15) is 5.82 Å². The summed E-state index contributed by atoms with van der Waals surface area (Å²) in [6.07, 6.45) is 5.07. The van der Waals surface area contributed by atoms with E-state index >= 15 is 0 Å². The Morgan fingerprint density at radius 1 is 1.15 bits per heavy atom. The summed E-state index contributed by atoms with van der Waals surface area (Å²) < 4.78 is 13.3. The Balaban J connectivity index is 1.86. The van der Waals surface area contributed by atoms with Crippen LogP contribution in [0.2, 0.25) is 5.02 Å². The minimum atomic E-state index is -0.428. The number of carbonyl (C=O) groups is 2. The van der Waals surface area contributed by atoms with Crippen LogP contribution in [0.5, 0.6) is 0 Å². The maximum Gasteiger partial charge on any atom is 0.233 e. The lowest BCUT2D eigenvalue weighted by Crippen LogP contribution is -2.30. The Labute approximate surface area is 121 Å². The standard InChI is InChI=1S/C15H13ClFNO2/c16-13-6-5-10(17)7-9(13)8-18-14(19)11-3-1-2-4-12(11)15(18)20/h1-2,5-7,11-12H,3-4,8H2/t11-,12+. The summed E-state index contributed by atoms with van der Waals surface area (Å²) >= 11 is 5.99. The summed E-state index contributed by atoms with van der Waals surface area (Å²) in [5.41, 5.74) is 0.458. The molecule has 1 aromatic carbocycles. The fourth-order valence-corrected chi connectivity index (χ4v) is 3.04. The second-order valence-electron chi connectivity index (χ2n) is 5.15. The minimum absolute atomic E-state index is 0.0429. The van der Waals surface area contributed by atoms with Crippen molar-refractivity contribution in [1.82, 2.24) is 4.90 Å². The van der Waals surface area contributed by atoms with Gasteiger partial charge >= 0.3 is 0 Å². The maximum absolute atomic E-state index is 13.3. The molecule has 0 unspecified atom stereocenters. The first kappa shape index (κ1) is 13.3. The van der Waals surface area contributed by atoms with E-state index in [0.29, 0.717) is 23.4 Å². The predicted octanol–water partition coefficient (Wildman–Crippen LogP) is 2.93. The van der Waals surface area contributed by atoms with Crippen LogP contribution in [-0.4, -0.2) is 16.7 Å². The van der Waals surface area contributed by atoms with Gasteiger partial charge in [-0.2, -0.15) is 0 Å². The third kappa shape index (κ3) is 2.14. The zero-order valence-corrected chi connectivity index (χ0v) is 11.4. The highest BCUT2D eigenvalue weighted by molar-refractivity contribution is 6.31. The summed E-state index contributed by atoms with van der Waals surface area (Å²) in [5.74, 6) is -1.31. The van der Waals surface area contributed by atoms with Crippen LogP contribution in [0.25, 0.3) is 0 Å². The number of amides is 2. The van der Waals surface area contributed by atoms with Crippen molar-refractivity contribution in [2.75, 3.05) is 0 Å². The highest BCUT2D eigenvalue weighted by atomic mass is 35.5. The average Bonchev–Trinajstić information content (AvgIpc) is 2.68. The number of halogens is 2. The van der Waals surface area contributed by atoms with Gasteiger partial charge < -0.3 is 0 Å². The molecule has 0 saturated carbocycles. The van der Waals surface area contributed by atoms with Gasteiger partial charge in [0.15, 0.2) is 0 Å². The van der Waals surface area contributed by atoms with E-state index < -0.39 is 5.82 Å². The number of rotatable bonds is 2. The summed E-state index contributed by atoms with van der Waals surface area (Å²) in [4.78, 5) is 25.8. The third-order valence-corrected chi connectivity index (χ3v) is 4.30. The van der Waals surface area contributed by atoms with Gasteiger partial charge in [0.05, 0.1) is 18.4 Å². The minimum Gasteiger partial charge on any atom is -0.278 e. The van der Waals surface area contributed by atoms with Crippen molar-refractivity contribution >= 4 is 23.4 Å². The van der Waals surface area contributed by atoms with Crippen molar-refractivity contribution in [3.8, 4) is 0 Å². The lowest BCUT2D eigenvalue weighted by atomic mass is 9.85. The first-order chi connectivity index (χ1) is 9.58. The molecule has 3 rings (SSSR count). The molecule has 2 atom stereocenters. The molecule has 20 heavy (non-hydrogen) atoms. The first-order valence-corrected chi connectivity index (χ1v) is 6.90. The van der Waals surface area contributed by atoms with Crippen molar-refractivity contribution in [3.63, 3.8) is 0 Å². The lowest BCUT2D eigenvalue weighted by Gasteiger charge is -2.15. The fourth-order valence-electron chi connectivity index (χ4n) is 2.86. The fraction of sp³-hybridized carbons (Fsp3) is 0.333. The summed E-state index contributed by atoms with van der Waals surface area (Å²) in [7, 11) is 0. The number of hydrogen-bond donors (Lipinski definition) is 0. The van der Waals surface area contributed by atoms with Gasteiger partial charge in [0.25, 0.3) is 0 Å². The second-order valence-corrected chi connectivity index (χ2v) is 5.56. The molecule has 2 amide bonds.